The number of anilines is 1. The molecule has 0 aliphatic carbocycles. The van der Waals surface area contributed by atoms with E-state index in [1.807, 2.05) is 13.8 Å². The molecule has 5 nitrogen and oxygen atoms in total. The molecule has 0 aliphatic heterocycles. The molecule has 0 saturated heterocycles. The van der Waals surface area contributed by atoms with E-state index in [9.17, 15) is 13.5 Å². The Bertz CT molecular complexity index is 490. The summed E-state index contributed by atoms with van der Waals surface area (Å²) in [4.78, 5) is 0. The number of nitrogens with one attached hydrogen (secondary N) is 2. The van der Waals surface area contributed by atoms with E-state index in [1.54, 1.807) is 24.3 Å². The van der Waals surface area contributed by atoms with Gasteiger partial charge in [0.1, 0.15) is 0 Å². The fourth-order valence-electron chi connectivity index (χ4n) is 1.52. The summed E-state index contributed by atoms with van der Waals surface area (Å²) in [6, 6.07) is 5.82. The van der Waals surface area contributed by atoms with Crippen LogP contribution in [0.3, 0.4) is 0 Å². The summed E-state index contributed by atoms with van der Waals surface area (Å²) in [5.41, 5.74) is 0.415. The van der Waals surface area contributed by atoms with Gasteiger partial charge >= 0.3 is 0 Å². The summed E-state index contributed by atoms with van der Waals surface area (Å²) < 4.78 is 28.6. The van der Waals surface area contributed by atoms with Crippen molar-refractivity contribution in [2.75, 3.05) is 11.3 Å². The lowest BCUT2D eigenvalue weighted by atomic mass is 10.0. The van der Waals surface area contributed by atoms with Crippen LogP contribution in [-0.2, 0) is 10.2 Å². The van der Waals surface area contributed by atoms with E-state index in [1.165, 1.54) is 0 Å². The molecule has 0 unspecified atom stereocenters. The predicted molar refractivity (Wildman–Crippen MR) is 77.5 cm³/mol. The van der Waals surface area contributed by atoms with Crippen LogP contribution in [0.1, 0.15) is 20.3 Å². The average Bonchev–Trinajstić information content (AvgIpc) is 2.37. The lowest BCUT2D eigenvalue weighted by molar-refractivity contribution is 0.219. The van der Waals surface area contributed by atoms with E-state index in [4.69, 9.17) is 11.6 Å². The molecule has 19 heavy (non-hydrogen) atoms. The monoisotopic (exact) mass is 306 g/mol. The van der Waals surface area contributed by atoms with Crippen molar-refractivity contribution in [3.8, 4) is 0 Å². The Labute approximate surface area is 119 Å². The molecule has 0 amide bonds. The number of halogens is 1. The van der Waals surface area contributed by atoms with Crippen LogP contribution in [0.5, 0.6) is 0 Å². The van der Waals surface area contributed by atoms with Crippen molar-refractivity contribution in [1.29, 1.82) is 0 Å². The Morgan fingerprint density at radius 1 is 1.32 bits per heavy atom. The summed E-state index contributed by atoms with van der Waals surface area (Å²) in [5, 5.41) is 9.75. The van der Waals surface area contributed by atoms with Crippen molar-refractivity contribution < 1.29 is 13.5 Å². The van der Waals surface area contributed by atoms with E-state index in [2.05, 4.69) is 9.44 Å². The van der Waals surface area contributed by atoms with Crippen LogP contribution in [0.2, 0.25) is 5.02 Å². The maximum Gasteiger partial charge on any atom is 0.299 e. The molecule has 0 saturated carbocycles. The second-order valence-corrected chi connectivity index (χ2v) is 6.29. The largest absolute Gasteiger partial charge is 0.395 e. The van der Waals surface area contributed by atoms with Crippen molar-refractivity contribution >= 4 is 27.5 Å². The third kappa shape index (κ3) is 5.36. The quantitative estimate of drug-likeness (QED) is 0.721. The van der Waals surface area contributed by atoms with E-state index < -0.39 is 16.3 Å². The maximum absolute atomic E-state index is 11.9. The topological polar surface area (TPSA) is 78.4 Å². The minimum Gasteiger partial charge on any atom is -0.395 e. The Morgan fingerprint density at radius 2 is 1.89 bits per heavy atom. The zero-order chi connectivity index (χ0) is 14.5. The fourth-order valence-corrected chi connectivity index (χ4v) is 2.86. The van der Waals surface area contributed by atoms with E-state index in [0.717, 1.165) is 6.42 Å². The molecular weight excluding hydrogens is 288 g/mol. The van der Waals surface area contributed by atoms with Gasteiger partial charge in [-0.05, 0) is 30.2 Å². The van der Waals surface area contributed by atoms with Crippen LogP contribution in [0.4, 0.5) is 5.69 Å². The van der Waals surface area contributed by atoms with Gasteiger partial charge in [0.15, 0.2) is 0 Å². The number of hydrogen-bond donors (Lipinski definition) is 3. The molecule has 0 spiro atoms. The van der Waals surface area contributed by atoms with Crippen LogP contribution in [0, 0.1) is 5.92 Å². The first-order valence-electron chi connectivity index (χ1n) is 6.04. The first-order valence-corrected chi connectivity index (χ1v) is 7.90. The molecule has 1 aromatic carbocycles. The van der Waals surface area contributed by atoms with Gasteiger partial charge in [0, 0.05) is 16.8 Å². The van der Waals surface area contributed by atoms with Crippen LogP contribution >= 0.6 is 11.6 Å². The standard InChI is InChI=1S/C12H19ClN2O3S/c1-3-9(2)12(8-16)15-19(17,18)14-11-6-4-10(13)5-7-11/h4-7,9,12,14-16H,3,8H2,1-2H3/t9-,12+/m0/s1. The van der Waals surface area contributed by atoms with Crippen molar-refractivity contribution in [2.45, 2.75) is 26.3 Å². The molecule has 108 valence electrons. The molecule has 0 fully saturated rings. The second-order valence-electron chi connectivity index (χ2n) is 4.40. The smallest absolute Gasteiger partial charge is 0.299 e. The summed E-state index contributed by atoms with van der Waals surface area (Å²) in [7, 11) is -3.72. The molecule has 0 bridgehead atoms. The zero-order valence-corrected chi connectivity index (χ0v) is 12.5. The van der Waals surface area contributed by atoms with Crippen LogP contribution in [-0.4, -0.2) is 26.2 Å². The number of hydrogen-bond acceptors (Lipinski definition) is 3. The highest BCUT2D eigenvalue weighted by atomic mass is 35.5. The van der Waals surface area contributed by atoms with Gasteiger partial charge in [-0.25, -0.2) is 0 Å². The highest BCUT2D eigenvalue weighted by molar-refractivity contribution is 7.90. The highest BCUT2D eigenvalue weighted by Gasteiger charge is 2.21. The van der Waals surface area contributed by atoms with E-state index in [0.29, 0.717) is 10.7 Å². The number of aliphatic hydroxyl groups excluding tert-OH is 1. The highest BCUT2D eigenvalue weighted by Crippen LogP contribution is 2.15. The van der Waals surface area contributed by atoms with E-state index in [-0.39, 0.29) is 12.5 Å². The molecule has 7 heteroatoms. The summed E-state index contributed by atoms with van der Waals surface area (Å²) in [5.74, 6) is 0.0480. The molecule has 3 N–H and O–H groups in total. The molecular formula is C12H19ClN2O3S. The minimum atomic E-state index is -3.72. The third-order valence-electron chi connectivity index (χ3n) is 2.93. The van der Waals surface area contributed by atoms with Gasteiger partial charge in [0.25, 0.3) is 10.2 Å². The molecule has 0 radical (unpaired) electrons. The lowest BCUT2D eigenvalue weighted by Crippen LogP contribution is -2.44. The normalized spacial score (nSPS) is 14.9. The van der Waals surface area contributed by atoms with Gasteiger partial charge in [0.2, 0.25) is 0 Å². The molecule has 2 atom stereocenters. The lowest BCUT2D eigenvalue weighted by Gasteiger charge is -2.22. The SMILES string of the molecule is CC[C@H](C)[C@@H](CO)NS(=O)(=O)Nc1ccc(Cl)cc1. The molecule has 1 rings (SSSR count). The van der Waals surface area contributed by atoms with Crippen LogP contribution in [0.25, 0.3) is 0 Å². The van der Waals surface area contributed by atoms with Crippen molar-refractivity contribution in [3.63, 3.8) is 0 Å². The molecule has 0 aliphatic rings. The van der Waals surface area contributed by atoms with Gasteiger partial charge in [-0.1, -0.05) is 31.9 Å². The van der Waals surface area contributed by atoms with Gasteiger partial charge < -0.3 is 5.11 Å². The Hall–Kier alpha value is -0.820. The van der Waals surface area contributed by atoms with Crippen molar-refractivity contribution in [2.24, 2.45) is 5.92 Å². The van der Waals surface area contributed by atoms with Crippen LogP contribution in [0.15, 0.2) is 24.3 Å². The van der Waals surface area contributed by atoms with Gasteiger partial charge in [-0.3, -0.25) is 4.72 Å². The number of benzene rings is 1. The van der Waals surface area contributed by atoms with Gasteiger partial charge in [-0.2, -0.15) is 13.1 Å². The molecule has 0 aromatic heterocycles. The summed E-state index contributed by atoms with van der Waals surface area (Å²) in [6.45, 7) is 3.58. The summed E-state index contributed by atoms with van der Waals surface area (Å²) >= 11 is 5.72. The predicted octanol–water partition coefficient (Wildman–Crippen LogP) is 1.99. The number of rotatable bonds is 7. The minimum absolute atomic E-state index is 0.0480. The van der Waals surface area contributed by atoms with Gasteiger partial charge in [-0.15, -0.1) is 0 Å². The van der Waals surface area contributed by atoms with Crippen molar-refractivity contribution in [3.05, 3.63) is 29.3 Å². The average molecular weight is 307 g/mol. The Morgan fingerprint density at radius 3 is 2.37 bits per heavy atom. The first-order chi connectivity index (χ1) is 8.88. The maximum atomic E-state index is 11.9. The number of aliphatic hydroxyl groups is 1. The zero-order valence-electron chi connectivity index (χ0n) is 10.9. The fraction of sp³-hybridized carbons (Fsp3) is 0.500. The summed E-state index contributed by atoms with van der Waals surface area (Å²) in [6.07, 6.45) is 0.773. The van der Waals surface area contributed by atoms with Gasteiger partial charge in [0.05, 0.1) is 6.61 Å². The van der Waals surface area contributed by atoms with Crippen molar-refractivity contribution in [1.82, 2.24) is 4.72 Å². The first kappa shape index (κ1) is 16.2. The molecule has 1 aromatic rings. The van der Waals surface area contributed by atoms with E-state index >= 15 is 0 Å². The third-order valence-corrected chi connectivity index (χ3v) is 4.30. The Kier molecular flexibility index (Phi) is 6.06. The molecule has 0 heterocycles. The second kappa shape index (κ2) is 7.09. The van der Waals surface area contributed by atoms with Crippen LogP contribution < -0.4 is 9.44 Å². The Balaban J connectivity index is 2.73.